The number of hydrogen-bond donors (Lipinski definition) is 0. The first-order valence-electron chi connectivity index (χ1n) is 5.39. The number of carbonyl (C=O) groups excluding carboxylic acids is 1. The smallest absolute Gasteiger partial charge is 0.452 e. The van der Waals surface area contributed by atoms with Crippen molar-refractivity contribution in [1.82, 2.24) is 4.90 Å². The number of ether oxygens (including phenoxy) is 1. The molecule has 0 bridgehead atoms. The van der Waals surface area contributed by atoms with Crippen molar-refractivity contribution >= 4 is 5.97 Å². The van der Waals surface area contributed by atoms with Crippen LogP contribution in [0.3, 0.4) is 0 Å². The molecule has 0 spiro atoms. The number of likely N-dealkylation sites (tertiary alicyclic amines) is 1. The summed E-state index contributed by atoms with van der Waals surface area (Å²) in [6, 6.07) is 0. The average molecular weight is 251 g/mol. The molecule has 0 atom stereocenters. The summed E-state index contributed by atoms with van der Waals surface area (Å²) < 4.78 is 41.2. The second-order valence-corrected chi connectivity index (χ2v) is 4.37. The fraction of sp³-hybridized carbons (Fsp3) is 0.727. The topological polar surface area (TPSA) is 29.5 Å². The van der Waals surface area contributed by atoms with Crippen molar-refractivity contribution in [2.45, 2.75) is 31.0 Å². The number of hydrogen-bond acceptors (Lipinski definition) is 3. The Kier molecular flexibility index (Phi) is 4.19. The molecule has 1 fully saturated rings. The number of carbonyl (C=O) groups is 1. The van der Waals surface area contributed by atoms with Gasteiger partial charge in [-0.05, 0) is 7.05 Å². The summed E-state index contributed by atoms with van der Waals surface area (Å²) in [7, 11) is 1.88. The summed E-state index contributed by atoms with van der Waals surface area (Å²) >= 11 is 0. The van der Waals surface area contributed by atoms with Crippen LogP contribution in [0.15, 0.2) is 12.7 Å². The van der Waals surface area contributed by atoms with E-state index in [0.29, 0.717) is 25.9 Å². The molecular formula is C11H16F3NO2. The Morgan fingerprint density at radius 1 is 1.47 bits per heavy atom. The highest BCUT2D eigenvalue weighted by atomic mass is 19.4. The molecule has 0 radical (unpaired) electrons. The van der Waals surface area contributed by atoms with Crippen LogP contribution in [0.25, 0.3) is 0 Å². The van der Waals surface area contributed by atoms with Crippen molar-refractivity contribution in [2.75, 3.05) is 20.1 Å². The van der Waals surface area contributed by atoms with Crippen LogP contribution in [-0.4, -0.2) is 42.8 Å². The molecule has 17 heavy (non-hydrogen) atoms. The highest BCUT2D eigenvalue weighted by molar-refractivity contribution is 5.76. The molecule has 3 nitrogen and oxygen atoms in total. The van der Waals surface area contributed by atoms with Gasteiger partial charge in [0.25, 0.3) is 0 Å². The van der Waals surface area contributed by atoms with E-state index in [1.807, 2.05) is 11.9 Å². The zero-order chi connectivity index (χ0) is 13.1. The summed E-state index contributed by atoms with van der Waals surface area (Å²) in [6.45, 7) is 4.72. The van der Waals surface area contributed by atoms with E-state index < -0.39 is 17.7 Å². The second-order valence-electron chi connectivity index (χ2n) is 4.37. The standard InChI is InChI=1S/C11H16F3NO2/c1-3-4-10(5-7-15(2)8-6-10)17-9(16)11(12,13)14/h3H,1,4-8H2,2H3. The normalized spacial score (nSPS) is 20.9. The lowest BCUT2D eigenvalue weighted by molar-refractivity contribution is -0.217. The van der Waals surface area contributed by atoms with Gasteiger partial charge in [-0.3, -0.25) is 0 Å². The minimum Gasteiger partial charge on any atom is -0.452 e. The molecule has 1 rings (SSSR count). The molecule has 1 aliphatic heterocycles. The average Bonchev–Trinajstić information content (AvgIpc) is 2.22. The van der Waals surface area contributed by atoms with E-state index in [2.05, 4.69) is 11.3 Å². The molecule has 1 saturated heterocycles. The molecule has 0 aromatic carbocycles. The molecule has 6 heteroatoms. The lowest BCUT2D eigenvalue weighted by atomic mass is 9.88. The number of piperidine rings is 1. The molecule has 0 aromatic heterocycles. The largest absolute Gasteiger partial charge is 0.490 e. The molecule has 98 valence electrons. The number of alkyl halides is 3. The molecule has 0 aromatic rings. The Morgan fingerprint density at radius 2 is 2.00 bits per heavy atom. The van der Waals surface area contributed by atoms with Crippen LogP contribution in [0.5, 0.6) is 0 Å². The van der Waals surface area contributed by atoms with E-state index in [1.54, 1.807) is 0 Å². The van der Waals surface area contributed by atoms with Crippen LogP contribution < -0.4 is 0 Å². The minimum atomic E-state index is -4.93. The summed E-state index contributed by atoms with van der Waals surface area (Å²) in [5.74, 6) is -2.11. The van der Waals surface area contributed by atoms with Gasteiger partial charge in [0.05, 0.1) is 0 Å². The maximum Gasteiger partial charge on any atom is 0.490 e. The van der Waals surface area contributed by atoms with E-state index in [9.17, 15) is 18.0 Å². The SMILES string of the molecule is C=CCC1(OC(=O)C(F)(F)F)CCN(C)CC1. The Labute approximate surface area is 98.2 Å². The van der Waals surface area contributed by atoms with Crippen LogP contribution in [0.1, 0.15) is 19.3 Å². The molecule has 0 N–H and O–H groups in total. The first-order valence-corrected chi connectivity index (χ1v) is 5.39. The zero-order valence-electron chi connectivity index (χ0n) is 9.72. The number of halogens is 3. The molecule has 1 aliphatic rings. The molecular weight excluding hydrogens is 235 g/mol. The van der Waals surface area contributed by atoms with Crippen molar-refractivity contribution < 1.29 is 22.7 Å². The van der Waals surface area contributed by atoms with Gasteiger partial charge in [0.15, 0.2) is 0 Å². The third-order valence-corrected chi connectivity index (χ3v) is 2.96. The monoisotopic (exact) mass is 251 g/mol. The summed E-state index contributed by atoms with van der Waals surface area (Å²) in [6.07, 6.45) is -2.39. The van der Waals surface area contributed by atoms with Gasteiger partial charge < -0.3 is 9.64 Å². The van der Waals surface area contributed by atoms with Crippen molar-refractivity contribution in [3.05, 3.63) is 12.7 Å². The minimum absolute atomic E-state index is 0.253. The first kappa shape index (κ1) is 14.0. The van der Waals surface area contributed by atoms with Crippen LogP contribution in [0.4, 0.5) is 13.2 Å². The first-order chi connectivity index (χ1) is 7.79. The molecule has 0 unspecified atom stereocenters. The predicted octanol–water partition coefficient (Wildman–Crippen LogP) is 2.13. The van der Waals surface area contributed by atoms with Gasteiger partial charge in [-0.2, -0.15) is 13.2 Å². The Morgan fingerprint density at radius 3 is 2.41 bits per heavy atom. The van der Waals surface area contributed by atoms with E-state index >= 15 is 0 Å². The maximum absolute atomic E-state index is 12.2. The fourth-order valence-corrected chi connectivity index (χ4v) is 1.89. The predicted molar refractivity (Wildman–Crippen MR) is 56.4 cm³/mol. The third kappa shape index (κ3) is 3.73. The summed E-state index contributed by atoms with van der Waals surface area (Å²) in [4.78, 5) is 12.9. The van der Waals surface area contributed by atoms with Gasteiger partial charge >= 0.3 is 12.1 Å². The highest BCUT2D eigenvalue weighted by Crippen LogP contribution is 2.32. The maximum atomic E-state index is 12.2. The van der Waals surface area contributed by atoms with Gasteiger partial charge in [0.2, 0.25) is 0 Å². The summed E-state index contributed by atoms with van der Waals surface area (Å²) in [5.41, 5.74) is -1.04. The van der Waals surface area contributed by atoms with Gasteiger partial charge in [-0.1, -0.05) is 6.08 Å². The Bertz CT molecular complexity index is 294. The fourth-order valence-electron chi connectivity index (χ4n) is 1.89. The Balaban J connectivity index is 2.72. The van der Waals surface area contributed by atoms with Crippen molar-refractivity contribution in [3.63, 3.8) is 0 Å². The quantitative estimate of drug-likeness (QED) is 0.568. The van der Waals surface area contributed by atoms with E-state index in [-0.39, 0.29) is 6.42 Å². The second kappa shape index (κ2) is 5.08. The van der Waals surface area contributed by atoms with Crippen LogP contribution in [0.2, 0.25) is 0 Å². The van der Waals surface area contributed by atoms with Gasteiger partial charge in [0, 0.05) is 32.4 Å². The van der Waals surface area contributed by atoms with Crippen molar-refractivity contribution in [2.24, 2.45) is 0 Å². The van der Waals surface area contributed by atoms with Crippen molar-refractivity contribution in [3.8, 4) is 0 Å². The molecule has 0 saturated carbocycles. The van der Waals surface area contributed by atoms with E-state index in [1.165, 1.54) is 6.08 Å². The molecule has 0 aliphatic carbocycles. The molecule has 1 heterocycles. The number of nitrogens with zero attached hydrogens (tertiary/aromatic N) is 1. The van der Waals surface area contributed by atoms with E-state index in [4.69, 9.17) is 0 Å². The van der Waals surface area contributed by atoms with Crippen LogP contribution in [0, 0.1) is 0 Å². The van der Waals surface area contributed by atoms with Gasteiger partial charge in [0.1, 0.15) is 5.60 Å². The van der Waals surface area contributed by atoms with Crippen LogP contribution in [-0.2, 0) is 9.53 Å². The van der Waals surface area contributed by atoms with E-state index in [0.717, 1.165) is 0 Å². The highest BCUT2D eigenvalue weighted by Gasteiger charge is 2.46. The number of rotatable bonds is 3. The van der Waals surface area contributed by atoms with Crippen molar-refractivity contribution in [1.29, 1.82) is 0 Å². The lowest BCUT2D eigenvalue weighted by Crippen LogP contribution is -2.47. The Hall–Kier alpha value is -1.04. The number of esters is 1. The van der Waals surface area contributed by atoms with Crippen LogP contribution >= 0.6 is 0 Å². The van der Waals surface area contributed by atoms with Gasteiger partial charge in [-0.25, -0.2) is 4.79 Å². The van der Waals surface area contributed by atoms with Gasteiger partial charge in [-0.15, -0.1) is 6.58 Å². The zero-order valence-corrected chi connectivity index (χ0v) is 9.72. The lowest BCUT2D eigenvalue weighted by Gasteiger charge is -2.39. The third-order valence-electron chi connectivity index (χ3n) is 2.96. The summed E-state index contributed by atoms with van der Waals surface area (Å²) in [5, 5.41) is 0. The molecule has 0 amide bonds.